The Bertz CT molecular complexity index is 345. The van der Waals surface area contributed by atoms with Gasteiger partial charge in [0.05, 0.1) is 0 Å². The summed E-state index contributed by atoms with van der Waals surface area (Å²) < 4.78 is 1.26. The van der Waals surface area contributed by atoms with E-state index in [4.69, 9.17) is 0 Å². The van der Waals surface area contributed by atoms with Gasteiger partial charge in [0.2, 0.25) is 0 Å². The maximum absolute atomic E-state index is 3.64. The van der Waals surface area contributed by atoms with E-state index in [1.807, 2.05) is 0 Å². The standard InChI is InChI=1S/C12H18BrNS/c1-4-14-11(9-5-12(9,2)3)8-6-15-7-10(8)13/h6-7,9,11,14H,4-5H2,1-3H3. The van der Waals surface area contributed by atoms with Crippen molar-refractivity contribution in [3.8, 4) is 0 Å². The van der Waals surface area contributed by atoms with Gasteiger partial charge >= 0.3 is 0 Å². The largest absolute Gasteiger partial charge is 0.310 e. The molecule has 0 radical (unpaired) electrons. The fourth-order valence-corrected chi connectivity index (χ4v) is 3.86. The minimum absolute atomic E-state index is 0.522. The molecule has 0 amide bonds. The van der Waals surface area contributed by atoms with Crippen LogP contribution in [-0.2, 0) is 0 Å². The highest BCUT2D eigenvalue weighted by Crippen LogP contribution is 2.58. The van der Waals surface area contributed by atoms with Gasteiger partial charge in [0.15, 0.2) is 0 Å². The van der Waals surface area contributed by atoms with Gasteiger partial charge in [-0.2, -0.15) is 11.3 Å². The van der Waals surface area contributed by atoms with Crippen molar-refractivity contribution in [1.29, 1.82) is 0 Å². The Morgan fingerprint density at radius 3 is 2.67 bits per heavy atom. The lowest BCUT2D eigenvalue weighted by Gasteiger charge is -2.19. The molecule has 1 nitrogen and oxygen atoms in total. The van der Waals surface area contributed by atoms with Gasteiger partial charge in [-0.3, -0.25) is 0 Å². The number of hydrogen-bond donors (Lipinski definition) is 1. The molecule has 84 valence electrons. The Labute approximate surface area is 104 Å². The highest BCUT2D eigenvalue weighted by molar-refractivity contribution is 9.10. The summed E-state index contributed by atoms with van der Waals surface area (Å²) in [7, 11) is 0. The third kappa shape index (κ3) is 2.29. The number of rotatable bonds is 4. The van der Waals surface area contributed by atoms with Gasteiger partial charge in [-0.25, -0.2) is 0 Å². The summed E-state index contributed by atoms with van der Waals surface area (Å²) in [6.07, 6.45) is 1.34. The Hall–Kier alpha value is 0.140. The van der Waals surface area contributed by atoms with Gasteiger partial charge in [-0.1, -0.05) is 20.8 Å². The Kier molecular flexibility index (Phi) is 3.25. The summed E-state index contributed by atoms with van der Waals surface area (Å²) in [4.78, 5) is 0. The van der Waals surface area contributed by atoms with E-state index in [0.29, 0.717) is 11.5 Å². The van der Waals surface area contributed by atoms with E-state index in [9.17, 15) is 0 Å². The number of nitrogens with one attached hydrogen (secondary N) is 1. The van der Waals surface area contributed by atoms with E-state index < -0.39 is 0 Å². The summed E-state index contributed by atoms with van der Waals surface area (Å²) in [5, 5.41) is 8.07. The second-order valence-electron chi connectivity index (χ2n) is 5.01. The lowest BCUT2D eigenvalue weighted by atomic mass is 9.99. The van der Waals surface area contributed by atoms with Crippen molar-refractivity contribution in [2.24, 2.45) is 11.3 Å². The molecule has 2 unspecified atom stereocenters. The summed E-state index contributed by atoms with van der Waals surface area (Å²) in [6.45, 7) is 7.95. The van der Waals surface area contributed by atoms with Crippen molar-refractivity contribution < 1.29 is 0 Å². The molecule has 1 N–H and O–H groups in total. The average Bonchev–Trinajstić information content (AvgIpc) is 2.57. The molecule has 1 aliphatic carbocycles. The molecule has 1 fully saturated rings. The van der Waals surface area contributed by atoms with E-state index in [-0.39, 0.29) is 0 Å². The van der Waals surface area contributed by atoms with Crippen LogP contribution in [0.4, 0.5) is 0 Å². The molecule has 0 saturated heterocycles. The monoisotopic (exact) mass is 287 g/mol. The highest BCUT2D eigenvalue weighted by atomic mass is 79.9. The number of hydrogen-bond acceptors (Lipinski definition) is 2. The molecule has 2 atom stereocenters. The van der Waals surface area contributed by atoms with Crippen LogP contribution in [0.2, 0.25) is 0 Å². The van der Waals surface area contributed by atoms with Crippen LogP contribution >= 0.6 is 27.3 Å². The summed E-state index contributed by atoms with van der Waals surface area (Å²) in [6, 6.07) is 0.533. The Morgan fingerprint density at radius 2 is 2.27 bits per heavy atom. The molecule has 1 aromatic heterocycles. The molecule has 1 saturated carbocycles. The first-order valence-electron chi connectivity index (χ1n) is 5.51. The van der Waals surface area contributed by atoms with Gasteiger partial charge in [-0.05, 0) is 51.2 Å². The van der Waals surface area contributed by atoms with E-state index in [1.165, 1.54) is 16.5 Å². The molecule has 0 bridgehead atoms. The molecule has 1 heterocycles. The summed E-state index contributed by atoms with van der Waals surface area (Å²) in [5.74, 6) is 0.795. The van der Waals surface area contributed by atoms with Crippen LogP contribution in [-0.4, -0.2) is 6.54 Å². The van der Waals surface area contributed by atoms with E-state index in [0.717, 1.165) is 12.5 Å². The average molecular weight is 288 g/mol. The predicted octanol–water partition coefficient (Wildman–Crippen LogP) is 4.21. The fourth-order valence-electron chi connectivity index (χ4n) is 2.28. The minimum Gasteiger partial charge on any atom is -0.310 e. The Balaban J connectivity index is 2.18. The third-order valence-corrected chi connectivity index (χ3v) is 5.15. The van der Waals surface area contributed by atoms with Crippen LogP contribution in [0.15, 0.2) is 15.2 Å². The molecule has 0 spiro atoms. The second-order valence-corrected chi connectivity index (χ2v) is 6.61. The summed E-state index contributed by atoms with van der Waals surface area (Å²) >= 11 is 5.42. The highest BCUT2D eigenvalue weighted by Gasteiger charge is 2.50. The van der Waals surface area contributed by atoms with Gasteiger partial charge in [0.1, 0.15) is 0 Å². The SMILES string of the molecule is CCNC(c1cscc1Br)C1CC1(C)C. The van der Waals surface area contributed by atoms with Gasteiger partial charge in [0.25, 0.3) is 0 Å². The molecule has 15 heavy (non-hydrogen) atoms. The Morgan fingerprint density at radius 1 is 1.60 bits per heavy atom. The van der Waals surface area contributed by atoms with Crippen molar-refractivity contribution in [2.45, 2.75) is 33.2 Å². The maximum atomic E-state index is 3.64. The van der Waals surface area contributed by atoms with Gasteiger partial charge in [0, 0.05) is 15.9 Å². The normalized spacial score (nSPS) is 25.2. The minimum atomic E-state index is 0.522. The number of halogens is 1. The van der Waals surface area contributed by atoms with Crippen LogP contribution in [0.1, 0.15) is 38.8 Å². The zero-order valence-electron chi connectivity index (χ0n) is 9.51. The fraction of sp³-hybridized carbons (Fsp3) is 0.667. The first-order chi connectivity index (χ1) is 7.06. The third-order valence-electron chi connectivity index (χ3n) is 3.39. The quantitative estimate of drug-likeness (QED) is 0.875. The zero-order valence-corrected chi connectivity index (χ0v) is 11.9. The van der Waals surface area contributed by atoms with Crippen molar-refractivity contribution >= 4 is 27.3 Å². The van der Waals surface area contributed by atoms with Crippen LogP contribution in [0.3, 0.4) is 0 Å². The smallest absolute Gasteiger partial charge is 0.0373 e. The molecule has 0 aromatic carbocycles. The summed E-state index contributed by atoms with van der Waals surface area (Å²) in [5.41, 5.74) is 1.96. The first-order valence-corrected chi connectivity index (χ1v) is 7.25. The van der Waals surface area contributed by atoms with Crippen LogP contribution in [0.5, 0.6) is 0 Å². The molecule has 1 aromatic rings. The first kappa shape index (κ1) is 11.6. The lowest BCUT2D eigenvalue weighted by Crippen LogP contribution is -2.24. The predicted molar refractivity (Wildman–Crippen MR) is 70.3 cm³/mol. The van der Waals surface area contributed by atoms with Gasteiger partial charge < -0.3 is 5.32 Å². The molecular formula is C12H18BrNS. The van der Waals surface area contributed by atoms with Crippen LogP contribution in [0, 0.1) is 11.3 Å². The van der Waals surface area contributed by atoms with Crippen LogP contribution in [0.25, 0.3) is 0 Å². The lowest BCUT2D eigenvalue weighted by molar-refractivity contribution is 0.423. The van der Waals surface area contributed by atoms with E-state index in [2.05, 4.69) is 52.8 Å². The van der Waals surface area contributed by atoms with Crippen molar-refractivity contribution in [1.82, 2.24) is 5.32 Å². The number of thiophene rings is 1. The second kappa shape index (κ2) is 4.19. The van der Waals surface area contributed by atoms with E-state index in [1.54, 1.807) is 11.3 Å². The van der Waals surface area contributed by atoms with Gasteiger partial charge in [-0.15, -0.1) is 0 Å². The zero-order chi connectivity index (χ0) is 11.1. The van der Waals surface area contributed by atoms with E-state index >= 15 is 0 Å². The van der Waals surface area contributed by atoms with Crippen molar-refractivity contribution in [2.75, 3.05) is 6.54 Å². The van der Waals surface area contributed by atoms with Crippen molar-refractivity contribution in [3.05, 3.63) is 20.8 Å². The molecule has 2 rings (SSSR count). The molecular weight excluding hydrogens is 270 g/mol. The topological polar surface area (TPSA) is 12.0 Å². The maximum Gasteiger partial charge on any atom is 0.0373 e. The molecule has 3 heteroatoms. The molecule has 1 aliphatic rings. The molecule has 0 aliphatic heterocycles. The van der Waals surface area contributed by atoms with Crippen molar-refractivity contribution in [3.63, 3.8) is 0 Å². The van der Waals surface area contributed by atoms with Crippen LogP contribution < -0.4 is 5.32 Å².